The normalized spacial score (nSPS) is 14.3. The molecule has 1 aromatic carbocycles. The van der Waals surface area contributed by atoms with Crippen molar-refractivity contribution in [3.05, 3.63) is 35.9 Å². The summed E-state index contributed by atoms with van der Waals surface area (Å²) in [6, 6.07) is 7.00. The van der Waals surface area contributed by atoms with Gasteiger partial charge >= 0.3 is 0 Å². The Labute approximate surface area is 204 Å². The van der Waals surface area contributed by atoms with Gasteiger partial charge in [0.15, 0.2) is 6.10 Å². The van der Waals surface area contributed by atoms with Crippen molar-refractivity contribution in [2.24, 2.45) is 5.92 Å². The number of nitrogens with one attached hydrogen (secondary N) is 4. The summed E-state index contributed by atoms with van der Waals surface area (Å²) in [7, 11) is 2.09. The highest BCUT2D eigenvalue weighted by Gasteiger charge is 2.29. The highest BCUT2D eigenvalue weighted by Crippen LogP contribution is 2.14. The summed E-state index contributed by atoms with van der Waals surface area (Å²) in [6.45, 7) is 5.39. The van der Waals surface area contributed by atoms with E-state index < -0.39 is 42.5 Å². The number of hydrogen-bond donors (Lipinski definition) is 5. The second-order valence-electron chi connectivity index (χ2n) is 8.38. The van der Waals surface area contributed by atoms with E-state index in [-0.39, 0.29) is 11.8 Å². The molecule has 190 valence electrons. The molecule has 0 heterocycles. The number of unbranched alkanes of at least 4 members (excludes halogenated alkanes) is 2. The fourth-order valence-electron chi connectivity index (χ4n) is 3.47. The van der Waals surface area contributed by atoms with Crippen LogP contribution in [0.4, 0.5) is 0 Å². The van der Waals surface area contributed by atoms with E-state index in [9.17, 15) is 24.3 Å². The first kappa shape index (κ1) is 29.5. The Balaban J connectivity index is 2.66. The fourth-order valence-corrected chi connectivity index (χ4v) is 3.64. The molecule has 0 bridgehead atoms. The Bertz CT molecular complexity index is 793. The molecule has 0 saturated heterocycles. The van der Waals surface area contributed by atoms with Crippen LogP contribution in [0.2, 0.25) is 0 Å². The Hall–Kier alpha value is -2.51. The molecule has 1 aromatic rings. The summed E-state index contributed by atoms with van der Waals surface area (Å²) >= 11 is 0. The maximum atomic E-state index is 12.5. The zero-order valence-electron chi connectivity index (χ0n) is 20.3. The Morgan fingerprint density at radius 1 is 0.912 bits per heavy atom. The molecule has 0 saturated carbocycles. The van der Waals surface area contributed by atoms with Gasteiger partial charge in [0, 0.05) is 5.92 Å². The molecule has 1 rings (SSSR count). The fraction of sp³-hybridized carbons (Fsp3) is 0.583. The largest absolute Gasteiger partial charge is 0.381 e. The first-order valence-electron chi connectivity index (χ1n) is 11.9. The van der Waals surface area contributed by atoms with Crippen LogP contribution >= 0.6 is 9.39 Å². The minimum atomic E-state index is -1.50. The van der Waals surface area contributed by atoms with Crippen molar-refractivity contribution in [1.82, 2.24) is 21.0 Å². The SMILES string of the molecule is CCCCCC(C)C(=O)NC(CCC)C(O)C(=O)NCC(=O)NC(C(=O)NP)c1ccccc1. The molecule has 0 fully saturated rings. The van der Waals surface area contributed by atoms with Crippen molar-refractivity contribution in [3.63, 3.8) is 0 Å². The van der Waals surface area contributed by atoms with Gasteiger partial charge in [0.1, 0.15) is 6.04 Å². The number of rotatable bonds is 15. The monoisotopic (exact) mass is 494 g/mol. The van der Waals surface area contributed by atoms with Gasteiger partial charge in [-0.05, 0) is 27.8 Å². The van der Waals surface area contributed by atoms with Crippen molar-refractivity contribution in [2.75, 3.05) is 6.54 Å². The molecular weight excluding hydrogens is 455 g/mol. The van der Waals surface area contributed by atoms with Crippen LogP contribution in [-0.4, -0.2) is 47.4 Å². The third kappa shape index (κ3) is 10.2. The van der Waals surface area contributed by atoms with Crippen LogP contribution in [0.3, 0.4) is 0 Å². The summed E-state index contributed by atoms with van der Waals surface area (Å²) in [5.74, 6) is -2.21. The van der Waals surface area contributed by atoms with E-state index in [0.29, 0.717) is 18.4 Å². The number of carbonyl (C=O) groups excluding carboxylic acids is 4. The van der Waals surface area contributed by atoms with Gasteiger partial charge in [-0.3, -0.25) is 19.2 Å². The van der Waals surface area contributed by atoms with E-state index in [1.54, 1.807) is 30.3 Å². The lowest BCUT2D eigenvalue weighted by Crippen LogP contribution is -2.53. The molecule has 5 unspecified atom stereocenters. The van der Waals surface area contributed by atoms with E-state index in [4.69, 9.17) is 0 Å². The number of carbonyl (C=O) groups is 4. The number of hydrogen-bond acceptors (Lipinski definition) is 5. The van der Waals surface area contributed by atoms with Gasteiger partial charge in [-0.2, -0.15) is 0 Å². The molecule has 0 spiro atoms. The number of aliphatic hydroxyl groups is 1. The maximum absolute atomic E-state index is 12.5. The number of benzene rings is 1. The predicted molar refractivity (Wildman–Crippen MR) is 134 cm³/mol. The molecule has 0 radical (unpaired) electrons. The lowest BCUT2D eigenvalue weighted by atomic mass is 10.00. The maximum Gasteiger partial charge on any atom is 0.251 e. The summed E-state index contributed by atoms with van der Waals surface area (Å²) in [4.78, 5) is 49.6. The average Bonchev–Trinajstić information content (AvgIpc) is 2.85. The first-order valence-corrected chi connectivity index (χ1v) is 12.4. The van der Waals surface area contributed by atoms with Crippen molar-refractivity contribution in [3.8, 4) is 0 Å². The van der Waals surface area contributed by atoms with Crippen LogP contribution in [-0.2, 0) is 19.2 Å². The zero-order valence-corrected chi connectivity index (χ0v) is 21.5. The van der Waals surface area contributed by atoms with Gasteiger partial charge < -0.3 is 26.1 Å². The minimum Gasteiger partial charge on any atom is -0.381 e. The second kappa shape index (κ2) is 16.2. The lowest BCUT2D eigenvalue weighted by Gasteiger charge is -2.25. The molecule has 5 atom stereocenters. The molecule has 4 amide bonds. The first-order chi connectivity index (χ1) is 16.2. The standard InChI is InChI=1S/C24H39N4O5P/c1-4-6-8-12-16(3)22(31)26-18(11-5-2)21(30)24(33)25-15-19(29)27-20(23(32)28-34)17-13-9-7-10-14-17/h7,9-10,13-14,16,18,20-21,30H,4-6,8,11-12,15,34H2,1-3H3,(H,25,33)(H,26,31)(H,27,29)(H,28,32). The highest BCUT2D eigenvalue weighted by molar-refractivity contribution is 7.15. The summed E-state index contributed by atoms with van der Waals surface area (Å²) in [5, 5.41) is 20.7. The van der Waals surface area contributed by atoms with Gasteiger partial charge in [-0.25, -0.2) is 0 Å². The Kier molecular flexibility index (Phi) is 14.0. The summed E-state index contributed by atoms with van der Waals surface area (Å²) in [6.07, 6.45) is 3.37. The van der Waals surface area contributed by atoms with E-state index in [1.165, 1.54) is 0 Å². The quantitative estimate of drug-likeness (QED) is 0.187. The molecule has 9 nitrogen and oxygen atoms in total. The van der Waals surface area contributed by atoms with Crippen LogP contribution in [0.15, 0.2) is 30.3 Å². The third-order valence-electron chi connectivity index (χ3n) is 5.53. The topological polar surface area (TPSA) is 137 Å². The van der Waals surface area contributed by atoms with Gasteiger partial charge in [0.2, 0.25) is 17.7 Å². The van der Waals surface area contributed by atoms with Gasteiger partial charge in [-0.1, -0.05) is 76.8 Å². The van der Waals surface area contributed by atoms with Gasteiger partial charge in [0.05, 0.1) is 12.6 Å². The second-order valence-corrected chi connectivity index (χ2v) is 8.67. The number of aliphatic hydroxyl groups excluding tert-OH is 1. The molecule has 0 aromatic heterocycles. The van der Waals surface area contributed by atoms with Crippen molar-refractivity contribution in [2.45, 2.75) is 77.5 Å². The molecule has 0 aliphatic carbocycles. The van der Waals surface area contributed by atoms with Gasteiger partial charge in [0.25, 0.3) is 5.91 Å². The molecule has 34 heavy (non-hydrogen) atoms. The van der Waals surface area contributed by atoms with Crippen LogP contribution in [0.5, 0.6) is 0 Å². The smallest absolute Gasteiger partial charge is 0.251 e. The number of amides is 4. The lowest BCUT2D eigenvalue weighted by molar-refractivity contribution is -0.135. The van der Waals surface area contributed by atoms with Crippen LogP contribution < -0.4 is 21.0 Å². The van der Waals surface area contributed by atoms with E-state index in [2.05, 4.69) is 37.4 Å². The Morgan fingerprint density at radius 3 is 2.18 bits per heavy atom. The zero-order chi connectivity index (χ0) is 25.5. The van der Waals surface area contributed by atoms with Crippen LogP contribution in [0.25, 0.3) is 0 Å². The van der Waals surface area contributed by atoms with Gasteiger partial charge in [-0.15, -0.1) is 0 Å². The van der Waals surface area contributed by atoms with Crippen molar-refractivity contribution >= 4 is 33.0 Å². The highest BCUT2D eigenvalue weighted by atomic mass is 31.0. The van der Waals surface area contributed by atoms with E-state index in [0.717, 1.165) is 25.7 Å². The van der Waals surface area contributed by atoms with Crippen LogP contribution in [0, 0.1) is 5.92 Å². The third-order valence-corrected chi connectivity index (χ3v) is 5.82. The van der Waals surface area contributed by atoms with Crippen LogP contribution in [0.1, 0.15) is 70.9 Å². The van der Waals surface area contributed by atoms with Crippen molar-refractivity contribution < 1.29 is 24.3 Å². The summed E-state index contributed by atoms with van der Waals surface area (Å²) < 4.78 is 0. The molecule has 0 aliphatic rings. The van der Waals surface area contributed by atoms with Crippen molar-refractivity contribution in [1.29, 1.82) is 0 Å². The average molecular weight is 495 g/mol. The van der Waals surface area contributed by atoms with E-state index >= 15 is 0 Å². The Morgan fingerprint density at radius 2 is 1.59 bits per heavy atom. The molecular formula is C24H39N4O5P. The minimum absolute atomic E-state index is 0.201. The molecule has 10 heteroatoms. The predicted octanol–water partition coefficient (Wildman–Crippen LogP) is 1.73. The molecule has 5 N–H and O–H groups in total. The molecule has 0 aliphatic heterocycles. The van der Waals surface area contributed by atoms with E-state index in [1.807, 2.05) is 13.8 Å². The summed E-state index contributed by atoms with van der Waals surface area (Å²) in [5.41, 5.74) is 0.584.